The van der Waals surface area contributed by atoms with Gasteiger partial charge in [0.2, 0.25) is 0 Å². The molecule has 0 saturated carbocycles. The number of aromatic nitrogens is 4. The van der Waals surface area contributed by atoms with Gasteiger partial charge in [0, 0.05) is 44.3 Å². The molecule has 0 aliphatic heterocycles. The Morgan fingerprint density at radius 2 is 0.830 bits per heavy atom. The maximum atomic E-state index is 13.1. The standard InChI is InChI=1S/C39H32Cl6N6O2/c40-26-10-6-24(7-11-26)36-22-32(48-50(36)34-16-14-28(42)20-30(34)44)38(52)46-18-4-2-1-3-5-19-47-39(53)33-23-37(25-8-12-27(41)13-9-25)51(49-33)35-17-15-29(43)21-31(35)45/h6-17,20-23H,1-5,18-19H2,(H,46,52)(H,47,53). The van der Waals surface area contributed by atoms with Crippen molar-refractivity contribution in [3.63, 3.8) is 0 Å². The Morgan fingerprint density at radius 3 is 1.21 bits per heavy atom. The zero-order valence-corrected chi connectivity index (χ0v) is 32.6. The Labute approximate surface area is 336 Å². The van der Waals surface area contributed by atoms with E-state index in [1.165, 1.54) is 0 Å². The summed E-state index contributed by atoms with van der Waals surface area (Å²) in [5, 5.41) is 18.1. The zero-order chi connectivity index (χ0) is 37.5. The largest absolute Gasteiger partial charge is 0.351 e. The van der Waals surface area contributed by atoms with Crippen molar-refractivity contribution >= 4 is 81.4 Å². The number of carbonyl (C=O) groups is 2. The molecule has 14 heteroatoms. The van der Waals surface area contributed by atoms with Gasteiger partial charge in [-0.1, -0.05) is 113 Å². The number of carbonyl (C=O) groups excluding carboxylic acids is 2. The van der Waals surface area contributed by atoms with E-state index in [-0.39, 0.29) is 23.2 Å². The molecule has 0 radical (unpaired) electrons. The van der Waals surface area contributed by atoms with Gasteiger partial charge in [0.05, 0.1) is 32.8 Å². The number of rotatable bonds is 14. The average Bonchev–Trinajstić information content (AvgIpc) is 3.78. The topological polar surface area (TPSA) is 93.8 Å². The van der Waals surface area contributed by atoms with Gasteiger partial charge >= 0.3 is 0 Å². The second kappa shape index (κ2) is 17.9. The van der Waals surface area contributed by atoms with Crippen LogP contribution in [0.15, 0.2) is 97.1 Å². The number of hydrogen-bond donors (Lipinski definition) is 2. The molecule has 272 valence electrons. The van der Waals surface area contributed by atoms with Gasteiger partial charge in [-0.15, -0.1) is 0 Å². The molecule has 2 aromatic heterocycles. The van der Waals surface area contributed by atoms with Crippen LogP contribution in [0.1, 0.15) is 53.1 Å². The number of halogens is 6. The summed E-state index contributed by atoms with van der Waals surface area (Å²) < 4.78 is 3.27. The molecule has 0 saturated heterocycles. The minimum Gasteiger partial charge on any atom is -0.351 e. The van der Waals surface area contributed by atoms with E-state index in [0.717, 1.165) is 43.2 Å². The molecule has 2 amide bonds. The van der Waals surface area contributed by atoms with Crippen molar-refractivity contribution in [2.45, 2.75) is 32.1 Å². The monoisotopic (exact) mass is 826 g/mol. The van der Waals surface area contributed by atoms with Crippen LogP contribution in [-0.2, 0) is 0 Å². The van der Waals surface area contributed by atoms with Crippen LogP contribution in [0, 0.1) is 0 Å². The van der Waals surface area contributed by atoms with Crippen molar-refractivity contribution in [1.82, 2.24) is 30.2 Å². The molecule has 0 atom stereocenters. The van der Waals surface area contributed by atoms with Gasteiger partial charge in [-0.3, -0.25) is 9.59 Å². The van der Waals surface area contributed by atoms with Gasteiger partial charge in [-0.25, -0.2) is 9.36 Å². The van der Waals surface area contributed by atoms with E-state index in [1.54, 1.807) is 82.2 Å². The summed E-state index contributed by atoms with van der Waals surface area (Å²) >= 11 is 37.5. The van der Waals surface area contributed by atoms with E-state index in [2.05, 4.69) is 20.8 Å². The van der Waals surface area contributed by atoms with Crippen LogP contribution in [0.25, 0.3) is 33.9 Å². The lowest BCUT2D eigenvalue weighted by Gasteiger charge is -2.10. The molecule has 0 aliphatic carbocycles. The van der Waals surface area contributed by atoms with Crippen molar-refractivity contribution < 1.29 is 9.59 Å². The second-order valence-corrected chi connectivity index (χ2v) is 14.7. The van der Waals surface area contributed by atoms with Crippen LogP contribution in [0.3, 0.4) is 0 Å². The lowest BCUT2D eigenvalue weighted by molar-refractivity contribution is 0.0940. The van der Waals surface area contributed by atoms with Gasteiger partial charge in [0.25, 0.3) is 11.8 Å². The Kier molecular flexibility index (Phi) is 13.0. The SMILES string of the molecule is O=C(NCCCCCCCNC(=O)c1cc(-c2ccc(Cl)cc2)n(-c2ccc(Cl)cc2Cl)n1)c1cc(-c2ccc(Cl)cc2)n(-c2ccc(Cl)cc2Cl)n1. The smallest absolute Gasteiger partial charge is 0.271 e. The quantitative estimate of drug-likeness (QED) is 0.107. The van der Waals surface area contributed by atoms with Crippen LogP contribution < -0.4 is 10.6 Å². The molecular weight excluding hydrogens is 797 g/mol. The van der Waals surface area contributed by atoms with Gasteiger partial charge in [-0.2, -0.15) is 10.2 Å². The van der Waals surface area contributed by atoms with Crippen molar-refractivity contribution in [2.75, 3.05) is 13.1 Å². The van der Waals surface area contributed by atoms with Crippen molar-refractivity contribution in [1.29, 1.82) is 0 Å². The Bertz CT molecular complexity index is 2080. The van der Waals surface area contributed by atoms with E-state index in [9.17, 15) is 9.59 Å². The predicted molar refractivity (Wildman–Crippen MR) is 216 cm³/mol. The second-order valence-electron chi connectivity index (χ2n) is 12.1. The van der Waals surface area contributed by atoms with Gasteiger partial charge in [0.1, 0.15) is 0 Å². The number of hydrogen-bond acceptors (Lipinski definition) is 4. The van der Waals surface area contributed by atoms with E-state index < -0.39 is 0 Å². The molecule has 0 fully saturated rings. The lowest BCUT2D eigenvalue weighted by atomic mass is 10.1. The predicted octanol–water partition coefficient (Wildman–Crippen LogP) is 11.4. The maximum absolute atomic E-state index is 13.1. The highest BCUT2D eigenvalue weighted by atomic mass is 35.5. The third-order valence-corrected chi connectivity index (χ3v) is 9.94. The van der Waals surface area contributed by atoms with E-state index in [4.69, 9.17) is 69.6 Å². The summed E-state index contributed by atoms with van der Waals surface area (Å²) in [6.45, 7) is 0.993. The molecule has 0 spiro atoms. The maximum Gasteiger partial charge on any atom is 0.271 e. The highest BCUT2D eigenvalue weighted by Gasteiger charge is 2.20. The summed E-state index contributed by atoms with van der Waals surface area (Å²) in [7, 11) is 0. The van der Waals surface area contributed by atoms with Gasteiger partial charge in [0.15, 0.2) is 11.4 Å². The summed E-state index contributed by atoms with van der Waals surface area (Å²) in [6, 6.07) is 28.2. The van der Waals surface area contributed by atoms with Crippen LogP contribution in [0.2, 0.25) is 30.1 Å². The molecule has 0 bridgehead atoms. The minimum atomic E-state index is -0.285. The fraction of sp³-hybridized carbons (Fsp3) is 0.179. The minimum absolute atomic E-state index is 0.262. The van der Waals surface area contributed by atoms with Crippen LogP contribution in [-0.4, -0.2) is 44.5 Å². The number of benzene rings is 4. The Balaban J connectivity index is 0.978. The van der Waals surface area contributed by atoms with Crippen molar-refractivity contribution in [2.24, 2.45) is 0 Å². The summed E-state index contributed by atoms with van der Waals surface area (Å²) in [5.74, 6) is -0.571. The molecule has 53 heavy (non-hydrogen) atoms. The summed E-state index contributed by atoms with van der Waals surface area (Å²) in [4.78, 5) is 26.2. The summed E-state index contributed by atoms with van der Waals surface area (Å²) in [6.07, 6.45) is 4.36. The van der Waals surface area contributed by atoms with Crippen LogP contribution in [0.4, 0.5) is 0 Å². The molecule has 2 heterocycles. The molecule has 6 rings (SSSR count). The highest BCUT2D eigenvalue weighted by molar-refractivity contribution is 6.36. The fourth-order valence-corrected chi connectivity index (χ4v) is 6.90. The van der Waals surface area contributed by atoms with E-state index >= 15 is 0 Å². The van der Waals surface area contributed by atoms with Crippen molar-refractivity contribution in [3.05, 3.63) is 139 Å². The number of unbranched alkanes of at least 4 members (excludes halogenated alkanes) is 4. The summed E-state index contributed by atoms with van der Waals surface area (Å²) in [5.41, 5.74) is 4.73. The van der Waals surface area contributed by atoms with Gasteiger partial charge in [-0.05, 0) is 85.6 Å². The number of amides is 2. The van der Waals surface area contributed by atoms with E-state index in [0.29, 0.717) is 66.0 Å². The third kappa shape index (κ3) is 9.75. The number of nitrogens with one attached hydrogen (secondary N) is 2. The first-order chi connectivity index (χ1) is 25.6. The number of nitrogens with zero attached hydrogens (tertiary/aromatic N) is 4. The first kappa shape index (κ1) is 38.7. The Morgan fingerprint density at radius 1 is 0.472 bits per heavy atom. The normalized spacial score (nSPS) is 11.1. The molecule has 4 aromatic carbocycles. The lowest BCUT2D eigenvalue weighted by Crippen LogP contribution is -2.25. The van der Waals surface area contributed by atoms with Crippen LogP contribution >= 0.6 is 69.6 Å². The first-order valence-electron chi connectivity index (χ1n) is 16.8. The van der Waals surface area contributed by atoms with Crippen molar-refractivity contribution in [3.8, 4) is 33.9 Å². The third-order valence-electron chi connectivity index (χ3n) is 8.36. The molecule has 0 unspecified atom stereocenters. The average molecular weight is 829 g/mol. The zero-order valence-electron chi connectivity index (χ0n) is 28.1. The Hall–Kier alpha value is -4.02. The molecule has 8 nitrogen and oxygen atoms in total. The van der Waals surface area contributed by atoms with E-state index in [1.807, 2.05) is 24.3 Å². The van der Waals surface area contributed by atoms with Gasteiger partial charge < -0.3 is 10.6 Å². The molecular formula is C39H32Cl6N6O2. The molecule has 0 aliphatic rings. The molecule has 6 aromatic rings. The molecule has 2 N–H and O–H groups in total. The fourth-order valence-electron chi connectivity index (χ4n) is 5.68. The highest BCUT2D eigenvalue weighted by Crippen LogP contribution is 2.32. The first-order valence-corrected chi connectivity index (χ1v) is 19.0. The van der Waals surface area contributed by atoms with Crippen LogP contribution in [0.5, 0.6) is 0 Å².